The summed E-state index contributed by atoms with van der Waals surface area (Å²) in [4.78, 5) is 50.7. The van der Waals surface area contributed by atoms with Crippen LogP contribution >= 0.6 is 39.1 Å². The van der Waals surface area contributed by atoms with Crippen LogP contribution < -0.4 is 0 Å². The molecule has 6 heterocycles. The third-order valence-electron chi connectivity index (χ3n) is 14.0. The number of ether oxygens (including phenoxy) is 1. The van der Waals surface area contributed by atoms with Crippen molar-refractivity contribution in [2.75, 3.05) is 73.0 Å². The maximum atomic E-state index is 12.7. The standard InChI is InChI=1S/C30H36ClN5O3.C19H19BrClN3.C7H11N2O/c1-6-30(38,25-18-32-19-34(25)5)24-16-20-8-7-11-33-26(20)27(22-10-9-21(31)17-23(22)24)35-12-14-36(15-13-35)28(37)39-29(2,3)4;1-23-7-9-24(10-8-23)19-15-5-4-14(21)12-16(15)17(20)11-13-3-2-6-22-18(13)19;1-3-7(10)6-4-8-5-9(6)2/h7-11,16-19,27,38H,6,12-15H2,1-5H3;2-6,11-12,19H,7-10H2,1H3;5H,3-4H2,1-2H3/q;;+1/t27-,30?;19-;/m00./s1. The number of aryl methyl sites for hydroxylation is 1. The Kier molecular flexibility index (Phi) is 17.0. The van der Waals surface area contributed by atoms with Crippen molar-refractivity contribution in [2.45, 2.75) is 70.7 Å². The Morgan fingerprint density at radius 2 is 1.37 bits per heavy atom. The van der Waals surface area contributed by atoms with Crippen molar-refractivity contribution in [2.24, 2.45) is 12.0 Å². The number of nitrogens with zero attached hydrogens (tertiary/aromatic N) is 10. The summed E-state index contributed by atoms with van der Waals surface area (Å²) in [5, 5.41) is 13.6. The number of halogens is 3. The number of Topliss-reactive ketones (excluding diaryl/α,β-unsaturated/α-hetero) is 1. The lowest BCUT2D eigenvalue weighted by Crippen LogP contribution is -2.51. The van der Waals surface area contributed by atoms with Crippen LogP contribution in [0.2, 0.25) is 10.0 Å². The van der Waals surface area contributed by atoms with E-state index in [0.717, 1.165) is 80.6 Å². The number of aromatic nitrogens is 4. The second-order valence-electron chi connectivity index (χ2n) is 20.0. The first-order chi connectivity index (χ1) is 34.9. The van der Waals surface area contributed by atoms with Crippen molar-refractivity contribution in [3.05, 3.63) is 146 Å². The van der Waals surface area contributed by atoms with Gasteiger partial charge in [0.05, 0.1) is 48.7 Å². The minimum Gasteiger partial charge on any atom is -0.444 e. The molecule has 2 fully saturated rings. The molecular formula is C56H66BrCl2N10O4+. The zero-order valence-electron chi connectivity index (χ0n) is 43.0. The van der Waals surface area contributed by atoms with Crippen molar-refractivity contribution in [3.63, 3.8) is 0 Å². The minimum absolute atomic E-state index is 0.161. The van der Waals surface area contributed by atoms with Gasteiger partial charge in [0, 0.05) is 92.7 Å². The molecule has 10 rings (SSSR count). The van der Waals surface area contributed by atoms with Crippen LogP contribution in [0.4, 0.5) is 4.79 Å². The highest BCUT2D eigenvalue weighted by Gasteiger charge is 2.41. The van der Waals surface area contributed by atoms with Crippen LogP contribution in [0.5, 0.6) is 0 Å². The molecule has 0 spiro atoms. The van der Waals surface area contributed by atoms with Crippen molar-refractivity contribution >= 4 is 85.3 Å². The van der Waals surface area contributed by atoms with Crippen LogP contribution in [-0.4, -0.2) is 151 Å². The molecule has 2 aromatic carbocycles. The van der Waals surface area contributed by atoms with E-state index < -0.39 is 11.2 Å². The Labute approximate surface area is 447 Å². The van der Waals surface area contributed by atoms with Crippen molar-refractivity contribution in [1.29, 1.82) is 0 Å². The van der Waals surface area contributed by atoms with Gasteiger partial charge in [0.25, 0.3) is 6.34 Å². The number of hydrogen-bond acceptors (Lipinski definition) is 11. The third kappa shape index (κ3) is 11.9. The van der Waals surface area contributed by atoms with Crippen LogP contribution in [-0.2, 0) is 22.2 Å². The number of aliphatic hydroxyl groups is 1. The van der Waals surface area contributed by atoms with Gasteiger partial charge in [-0.1, -0.05) is 82.2 Å². The summed E-state index contributed by atoms with van der Waals surface area (Å²) in [5.74, 6) is 0.194. The lowest BCUT2D eigenvalue weighted by Gasteiger charge is -2.40. The number of hydrogen-bond donors (Lipinski definition) is 1. The molecule has 1 N–H and O–H groups in total. The Bertz CT molecular complexity index is 2970. The van der Waals surface area contributed by atoms with E-state index in [1.807, 2.05) is 120 Å². The minimum atomic E-state index is -1.30. The lowest BCUT2D eigenvalue weighted by atomic mass is 9.81. The normalized spacial score (nSPS) is 19.8. The lowest BCUT2D eigenvalue weighted by molar-refractivity contribution is -0.356. The van der Waals surface area contributed by atoms with Crippen LogP contribution in [0.15, 0.2) is 90.6 Å². The molecule has 17 heteroatoms. The Morgan fingerprint density at radius 1 is 0.808 bits per heavy atom. The smallest absolute Gasteiger partial charge is 0.410 e. The number of pyridine rings is 2. The highest BCUT2D eigenvalue weighted by Crippen LogP contribution is 2.48. The molecule has 1 amide bonds. The first kappa shape index (κ1) is 53.9. The van der Waals surface area contributed by atoms with Gasteiger partial charge in [0.2, 0.25) is 5.78 Å². The molecule has 5 aromatic rings. The highest BCUT2D eigenvalue weighted by molar-refractivity contribution is 9.15. The Morgan fingerprint density at radius 3 is 1.89 bits per heavy atom. The van der Waals surface area contributed by atoms with Crippen LogP contribution in [0, 0.1) is 0 Å². The Balaban J connectivity index is 0.000000176. The van der Waals surface area contributed by atoms with E-state index >= 15 is 0 Å². The average molecular weight is 1090 g/mol. The fourth-order valence-corrected chi connectivity index (χ4v) is 11.0. The molecule has 1 unspecified atom stereocenters. The molecule has 73 heavy (non-hydrogen) atoms. The first-order valence-corrected chi connectivity index (χ1v) is 26.5. The van der Waals surface area contributed by atoms with E-state index in [4.69, 9.17) is 37.9 Å². The molecule has 3 atom stereocenters. The van der Waals surface area contributed by atoms with Crippen LogP contribution in [0.1, 0.15) is 110 Å². The summed E-state index contributed by atoms with van der Waals surface area (Å²) in [6.07, 6.45) is 13.7. The van der Waals surface area contributed by atoms with Crippen LogP contribution in [0.25, 0.3) is 22.2 Å². The molecule has 5 aliphatic rings. The van der Waals surface area contributed by atoms with Gasteiger partial charge in [0.1, 0.15) is 11.2 Å². The van der Waals surface area contributed by atoms with Crippen molar-refractivity contribution in [3.8, 4) is 0 Å². The first-order valence-electron chi connectivity index (χ1n) is 24.9. The molecular weight excluding hydrogens is 1030 g/mol. The number of carbonyl (C=O) groups excluding carboxylic acids is 2. The van der Waals surface area contributed by atoms with Gasteiger partial charge in [-0.05, 0) is 122 Å². The van der Waals surface area contributed by atoms with E-state index in [0.29, 0.717) is 56.3 Å². The summed E-state index contributed by atoms with van der Waals surface area (Å²) >= 11 is 16.6. The Hall–Kier alpha value is -5.39. The van der Waals surface area contributed by atoms with Crippen molar-refractivity contribution in [1.82, 2.24) is 39.1 Å². The average Bonchev–Trinajstić information content (AvgIpc) is 3.96. The molecule has 2 saturated heterocycles. The summed E-state index contributed by atoms with van der Waals surface area (Å²) < 4.78 is 10.3. The van der Waals surface area contributed by atoms with Gasteiger partial charge in [-0.3, -0.25) is 24.6 Å². The van der Waals surface area contributed by atoms with Gasteiger partial charge in [-0.15, -0.1) is 0 Å². The second kappa shape index (κ2) is 23.0. The summed E-state index contributed by atoms with van der Waals surface area (Å²) in [6.45, 7) is 16.7. The van der Waals surface area contributed by atoms with Gasteiger partial charge >= 0.3 is 6.09 Å². The monoisotopic (exact) mass is 1090 g/mol. The molecule has 3 aromatic heterocycles. The topological polar surface area (TPSA) is 136 Å². The number of amides is 1. The number of benzene rings is 2. The molecule has 384 valence electrons. The van der Waals surface area contributed by atoms with E-state index in [1.54, 1.807) is 28.3 Å². The number of ketones is 1. The summed E-state index contributed by atoms with van der Waals surface area (Å²) in [5.41, 5.74) is 8.89. The zero-order chi connectivity index (χ0) is 52.2. The quantitative estimate of drug-likeness (QED) is 0.157. The van der Waals surface area contributed by atoms with E-state index in [-0.39, 0.29) is 24.0 Å². The maximum absolute atomic E-state index is 12.7. The maximum Gasteiger partial charge on any atom is 0.410 e. The SMILES string of the molecule is CCC(=O)C1=[N+](C)C=NC1.CCC(O)(C1=Cc2cccnc2[C@@H](N2CCN(C(=O)OC(C)(C)C)CC2)c2ccc(Cl)cc21)c1cncn1C.CN1CCN([C@H]2c3ccc(Cl)cc3C(Br)=Cc3cccnc32)CC1. The molecule has 0 saturated carbocycles. The van der Waals surface area contributed by atoms with E-state index in [2.05, 4.69) is 65.9 Å². The largest absolute Gasteiger partial charge is 0.444 e. The fraction of sp³-hybridized carbons (Fsp3) is 0.411. The van der Waals surface area contributed by atoms with Gasteiger partial charge in [-0.25, -0.2) is 14.4 Å². The van der Waals surface area contributed by atoms with Gasteiger partial charge in [-0.2, -0.15) is 0 Å². The molecule has 3 aliphatic heterocycles. The van der Waals surface area contributed by atoms with Crippen molar-refractivity contribution < 1.29 is 24.0 Å². The highest BCUT2D eigenvalue weighted by atomic mass is 79.9. The third-order valence-corrected chi connectivity index (χ3v) is 15.1. The number of fused-ring (bicyclic) bond motifs is 4. The molecule has 14 nitrogen and oxygen atoms in total. The van der Waals surface area contributed by atoms with E-state index in [1.165, 1.54) is 11.1 Å². The number of rotatable bonds is 7. The zero-order valence-corrected chi connectivity index (χ0v) is 46.1. The van der Waals surface area contributed by atoms with Gasteiger partial charge < -0.3 is 24.2 Å². The summed E-state index contributed by atoms with van der Waals surface area (Å²) in [7, 11) is 5.92. The number of piperazine rings is 2. The second-order valence-corrected chi connectivity index (χ2v) is 21.7. The summed E-state index contributed by atoms with van der Waals surface area (Å²) in [6, 6.07) is 20.1. The predicted octanol–water partition coefficient (Wildman–Crippen LogP) is 9.63. The molecule has 2 aliphatic carbocycles. The number of aliphatic imine (C=N–C) groups is 1. The van der Waals surface area contributed by atoms with Gasteiger partial charge in [0.15, 0.2) is 12.3 Å². The molecule has 0 radical (unpaired) electrons. The fourth-order valence-electron chi connectivity index (χ4n) is 10.1. The van der Waals surface area contributed by atoms with Crippen LogP contribution in [0.3, 0.4) is 0 Å². The molecule has 0 bridgehead atoms. The predicted molar refractivity (Wildman–Crippen MR) is 295 cm³/mol. The number of imidazole rings is 1. The van der Waals surface area contributed by atoms with E-state index in [9.17, 15) is 14.7 Å². The number of carbonyl (C=O) groups is 2. The number of likely N-dealkylation sites (N-methyl/N-ethyl adjacent to an activating group) is 1.